The zero-order valence-corrected chi connectivity index (χ0v) is 18.9. The molecule has 0 unspecified atom stereocenters. The first-order valence-electron chi connectivity index (χ1n) is 9.82. The van der Waals surface area contributed by atoms with Gasteiger partial charge in [0.25, 0.3) is 5.91 Å². The molecule has 1 amide bonds. The fourth-order valence-electron chi connectivity index (χ4n) is 3.18. The number of nitrogens with one attached hydrogen (secondary N) is 1. The van der Waals surface area contributed by atoms with Gasteiger partial charge in [-0.25, -0.2) is 13.2 Å². The van der Waals surface area contributed by atoms with Crippen molar-refractivity contribution in [3.63, 3.8) is 0 Å². The second kappa shape index (κ2) is 9.61. The summed E-state index contributed by atoms with van der Waals surface area (Å²) in [5.41, 5.74) is 1.40. The van der Waals surface area contributed by atoms with Gasteiger partial charge in [0.2, 0.25) is 0 Å². The Labute approximate surface area is 184 Å². The third-order valence-corrected chi connectivity index (χ3v) is 7.59. The average molecular weight is 466 g/mol. The minimum absolute atomic E-state index is 0.0134. The van der Waals surface area contributed by atoms with Gasteiger partial charge in [-0.1, -0.05) is 6.92 Å². The van der Waals surface area contributed by atoms with E-state index in [-0.39, 0.29) is 47.5 Å². The van der Waals surface area contributed by atoms with Crippen LogP contribution in [0.2, 0.25) is 0 Å². The Morgan fingerprint density at radius 2 is 1.84 bits per heavy atom. The van der Waals surface area contributed by atoms with Gasteiger partial charge in [0.05, 0.1) is 23.7 Å². The largest absolute Gasteiger partial charge is 0.484 e. The fourth-order valence-corrected chi connectivity index (χ4v) is 6.24. The average Bonchev–Trinajstić information content (AvgIpc) is 3.07. The van der Waals surface area contributed by atoms with E-state index in [1.807, 2.05) is 0 Å². The van der Waals surface area contributed by atoms with Gasteiger partial charge in [0.15, 0.2) is 22.2 Å². The van der Waals surface area contributed by atoms with Crippen LogP contribution in [0.5, 0.6) is 5.75 Å². The molecule has 1 aliphatic heterocycles. The van der Waals surface area contributed by atoms with Gasteiger partial charge in [0, 0.05) is 16.9 Å². The number of hydrogen-bond donors (Lipinski definition) is 1. The number of sulfone groups is 1. The highest BCUT2D eigenvalue weighted by atomic mass is 32.2. The van der Waals surface area contributed by atoms with Gasteiger partial charge in [0.1, 0.15) is 10.8 Å². The Kier molecular flexibility index (Phi) is 7.11. The molecule has 166 valence electrons. The molecule has 3 rings (SSSR count). The van der Waals surface area contributed by atoms with E-state index in [0.29, 0.717) is 28.2 Å². The Balaban J connectivity index is 1.72. The summed E-state index contributed by atoms with van der Waals surface area (Å²) >= 11 is 1.07. The van der Waals surface area contributed by atoms with Crippen molar-refractivity contribution in [1.29, 1.82) is 0 Å². The molecule has 1 aliphatic rings. The number of esters is 1. The predicted molar refractivity (Wildman–Crippen MR) is 117 cm³/mol. The summed E-state index contributed by atoms with van der Waals surface area (Å²) in [5, 5.41) is 2.91. The van der Waals surface area contributed by atoms with Gasteiger partial charge >= 0.3 is 5.97 Å². The minimum Gasteiger partial charge on any atom is -0.484 e. The first-order valence-corrected chi connectivity index (χ1v) is 12.5. The monoisotopic (exact) mass is 465 g/mol. The molecule has 1 N–H and O–H groups in total. The van der Waals surface area contributed by atoms with Crippen LogP contribution in [0.1, 0.15) is 51.4 Å². The molecule has 0 radical (unpaired) electrons. The highest BCUT2D eigenvalue weighted by Crippen LogP contribution is 2.38. The Hall–Kier alpha value is -2.72. The number of ether oxygens (including phenoxy) is 2. The summed E-state index contributed by atoms with van der Waals surface area (Å²) in [5.74, 6) is -0.859. The standard InChI is InChI=1S/C21H23NO7S2/c1-3-16(23)13-5-7-14(8-6-13)29-11-18(24)22-20-19(21(25)28-4-2)15-9-10-31(26,27)12-17(15)30-20/h5-8H,3-4,9-12H2,1-2H3,(H,22,24). The highest BCUT2D eigenvalue weighted by molar-refractivity contribution is 7.90. The van der Waals surface area contributed by atoms with Gasteiger partial charge in [-0.05, 0) is 43.2 Å². The quantitative estimate of drug-likeness (QED) is 0.471. The van der Waals surface area contributed by atoms with Gasteiger partial charge < -0.3 is 14.8 Å². The van der Waals surface area contributed by atoms with Crippen LogP contribution in [0.25, 0.3) is 0 Å². The maximum Gasteiger partial charge on any atom is 0.341 e. The molecule has 2 aromatic rings. The molecule has 0 bridgehead atoms. The van der Waals surface area contributed by atoms with Crippen molar-refractivity contribution in [2.24, 2.45) is 0 Å². The fraction of sp³-hybridized carbons (Fsp3) is 0.381. The first kappa shape index (κ1) is 23.0. The number of benzene rings is 1. The summed E-state index contributed by atoms with van der Waals surface area (Å²) in [7, 11) is -3.23. The number of carbonyl (C=O) groups is 3. The normalized spacial score (nSPS) is 14.4. The lowest BCUT2D eigenvalue weighted by atomic mass is 10.1. The second-order valence-electron chi connectivity index (χ2n) is 6.91. The Morgan fingerprint density at radius 1 is 1.13 bits per heavy atom. The molecular weight excluding hydrogens is 442 g/mol. The van der Waals surface area contributed by atoms with Crippen molar-refractivity contribution in [2.45, 2.75) is 32.4 Å². The maximum atomic E-state index is 12.5. The molecule has 0 spiro atoms. The van der Waals surface area contributed by atoms with Crippen molar-refractivity contribution in [2.75, 3.05) is 24.3 Å². The van der Waals surface area contributed by atoms with Crippen molar-refractivity contribution < 1.29 is 32.3 Å². The number of fused-ring (bicyclic) bond motifs is 1. The molecular formula is C21H23NO7S2. The summed E-state index contributed by atoms with van der Waals surface area (Å²) in [6, 6.07) is 6.47. The van der Waals surface area contributed by atoms with Crippen molar-refractivity contribution in [3.05, 3.63) is 45.8 Å². The summed E-state index contributed by atoms with van der Waals surface area (Å²) < 4.78 is 34.5. The van der Waals surface area contributed by atoms with Crippen LogP contribution in [-0.4, -0.2) is 45.0 Å². The van der Waals surface area contributed by atoms with E-state index in [1.165, 1.54) is 0 Å². The molecule has 0 aliphatic carbocycles. The molecule has 2 heterocycles. The zero-order chi connectivity index (χ0) is 22.6. The molecule has 8 nitrogen and oxygen atoms in total. The smallest absolute Gasteiger partial charge is 0.341 e. The van der Waals surface area contributed by atoms with Gasteiger partial charge in [-0.3, -0.25) is 9.59 Å². The number of ketones is 1. The number of amides is 1. The molecule has 10 heteroatoms. The van der Waals surface area contributed by atoms with Crippen LogP contribution in [0.4, 0.5) is 5.00 Å². The lowest BCUT2D eigenvalue weighted by molar-refractivity contribution is -0.118. The maximum absolute atomic E-state index is 12.5. The molecule has 0 saturated carbocycles. The minimum atomic E-state index is -3.23. The molecule has 31 heavy (non-hydrogen) atoms. The Morgan fingerprint density at radius 3 is 2.48 bits per heavy atom. The number of Topliss-reactive ketones (excluding diaryl/α,β-unsaturated/α-hetero) is 1. The molecule has 1 aromatic carbocycles. The SMILES string of the molecule is CCOC(=O)c1c(NC(=O)COc2ccc(C(=O)CC)cc2)sc2c1CCS(=O)(=O)C2. The molecule has 1 aromatic heterocycles. The van der Waals surface area contributed by atoms with Crippen LogP contribution >= 0.6 is 11.3 Å². The third kappa shape index (κ3) is 5.50. The van der Waals surface area contributed by atoms with E-state index in [2.05, 4.69) is 5.32 Å². The first-order chi connectivity index (χ1) is 14.7. The predicted octanol–water partition coefficient (Wildman–Crippen LogP) is 3.01. The van der Waals surface area contributed by atoms with E-state index < -0.39 is 21.7 Å². The van der Waals surface area contributed by atoms with Crippen LogP contribution in [0.15, 0.2) is 24.3 Å². The molecule has 0 atom stereocenters. The number of carbonyl (C=O) groups excluding carboxylic acids is 3. The number of rotatable bonds is 8. The lowest BCUT2D eigenvalue weighted by Crippen LogP contribution is -2.22. The third-order valence-electron chi connectivity index (χ3n) is 4.70. The van der Waals surface area contributed by atoms with Crippen LogP contribution in [0, 0.1) is 0 Å². The lowest BCUT2D eigenvalue weighted by Gasteiger charge is -2.13. The van der Waals surface area contributed by atoms with Crippen LogP contribution < -0.4 is 10.1 Å². The van der Waals surface area contributed by atoms with E-state index >= 15 is 0 Å². The van der Waals surface area contributed by atoms with Crippen LogP contribution in [-0.2, 0) is 31.5 Å². The summed E-state index contributed by atoms with van der Waals surface area (Å²) in [4.78, 5) is 37.1. The molecule has 0 fully saturated rings. The Bertz CT molecular complexity index is 1100. The topological polar surface area (TPSA) is 116 Å². The van der Waals surface area contributed by atoms with E-state index in [9.17, 15) is 22.8 Å². The van der Waals surface area contributed by atoms with E-state index in [4.69, 9.17) is 9.47 Å². The number of anilines is 1. The van der Waals surface area contributed by atoms with Crippen molar-refractivity contribution in [1.82, 2.24) is 0 Å². The summed E-state index contributed by atoms with van der Waals surface area (Å²) in [6.45, 7) is 3.30. The second-order valence-corrected chi connectivity index (χ2v) is 10.2. The number of thiophene rings is 1. The van der Waals surface area contributed by atoms with Gasteiger partial charge in [-0.15, -0.1) is 11.3 Å². The number of hydrogen-bond acceptors (Lipinski definition) is 8. The van der Waals surface area contributed by atoms with Crippen molar-refractivity contribution in [3.8, 4) is 5.75 Å². The van der Waals surface area contributed by atoms with E-state index in [0.717, 1.165) is 11.3 Å². The highest BCUT2D eigenvalue weighted by Gasteiger charge is 2.32. The van der Waals surface area contributed by atoms with Crippen molar-refractivity contribution >= 4 is 43.8 Å². The molecule has 0 saturated heterocycles. The van der Waals surface area contributed by atoms with Gasteiger partial charge in [-0.2, -0.15) is 0 Å². The summed E-state index contributed by atoms with van der Waals surface area (Å²) in [6.07, 6.45) is 0.606. The van der Waals surface area contributed by atoms with Crippen LogP contribution in [0.3, 0.4) is 0 Å². The zero-order valence-electron chi connectivity index (χ0n) is 17.2. The van der Waals surface area contributed by atoms with E-state index in [1.54, 1.807) is 38.1 Å².